The maximum atomic E-state index is 13.5. The summed E-state index contributed by atoms with van der Waals surface area (Å²) in [5.74, 6) is -0.466. The van der Waals surface area contributed by atoms with Crippen LogP contribution in [0.25, 0.3) is 0 Å². The molecule has 0 saturated heterocycles. The predicted octanol–water partition coefficient (Wildman–Crippen LogP) is 3.01. The molecule has 1 rings (SSSR count). The Balaban J connectivity index is 2.76. The molecule has 0 amide bonds. The quantitative estimate of drug-likeness (QED) is 0.444. The van der Waals surface area contributed by atoms with Gasteiger partial charge in [0.2, 0.25) is 0 Å². The second-order valence-corrected chi connectivity index (χ2v) is 4.10. The van der Waals surface area contributed by atoms with Crippen LogP contribution in [0.5, 0.6) is 0 Å². The molecule has 1 aliphatic rings. The molecule has 0 heterocycles. The second-order valence-electron chi connectivity index (χ2n) is 2.90. The van der Waals surface area contributed by atoms with Gasteiger partial charge in [-0.2, -0.15) is 0 Å². The zero-order chi connectivity index (χ0) is 12.1. The molecule has 0 atom stereocenters. The summed E-state index contributed by atoms with van der Waals surface area (Å²) in [6.07, 6.45) is 2.62. The first kappa shape index (κ1) is 13.2. The zero-order valence-corrected chi connectivity index (χ0v) is 10.8. The Hall–Kier alpha value is -0.880. The Labute approximate surface area is 106 Å². The largest absolute Gasteiger partial charge is 0.427 e. The lowest BCUT2D eigenvalue weighted by atomic mass is 10.1. The third-order valence-corrected chi connectivity index (χ3v) is 2.31. The van der Waals surface area contributed by atoms with Gasteiger partial charge in [-0.15, -0.1) is 0 Å². The van der Waals surface area contributed by atoms with E-state index in [4.69, 9.17) is 21.7 Å². The molecule has 88 valence electrons. The Bertz CT molecular complexity index is 392. The average molecular weight is 311 g/mol. The molecule has 0 bridgehead atoms. The standard InChI is InChI=1S/C9H10BrClFN3O/c1-14-9(15-8(10)13)16-6-4-2-3-5(11)7(6)12/h3H,2,4H2,1H3,(H2,13,14,15). The molecule has 0 saturated carbocycles. The smallest absolute Gasteiger partial charge is 0.295 e. The normalized spacial score (nSPS) is 17.0. The van der Waals surface area contributed by atoms with E-state index in [-0.39, 0.29) is 21.6 Å². The highest BCUT2D eigenvalue weighted by Crippen LogP contribution is 2.29. The van der Waals surface area contributed by atoms with Crippen molar-refractivity contribution in [1.29, 1.82) is 5.41 Å². The minimum atomic E-state index is -0.586. The number of hydrogen-bond donors (Lipinski definition) is 2. The van der Waals surface area contributed by atoms with Gasteiger partial charge in [0.05, 0.1) is 5.03 Å². The highest BCUT2D eigenvalue weighted by Gasteiger charge is 2.18. The van der Waals surface area contributed by atoms with Crippen LogP contribution in [0.3, 0.4) is 0 Å². The molecule has 0 unspecified atom stereocenters. The number of aliphatic imine (C=N–C) groups is 1. The molecule has 0 aromatic carbocycles. The fourth-order valence-corrected chi connectivity index (χ4v) is 1.48. The summed E-state index contributed by atoms with van der Waals surface area (Å²) in [5, 5.41) is 9.66. The van der Waals surface area contributed by atoms with Gasteiger partial charge in [0.15, 0.2) is 10.6 Å². The van der Waals surface area contributed by atoms with E-state index in [2.05, 4.69) is 26.2 Å². The van der Waals surface area contributed by atoms with Crippen LogP contribution in [0, 0.1) is 5.41 Å². The van der Waals surface area contributed by atoms with Crippen LogP contribution in [-0.4, -0.2) is 17.8 Å². The van der Waals surface area contributed by atoms with E-state index in [9.17, 15) is 4.39 Å². The van der Waals surface area contributed by atoms with E-state index in [0.717, 1.165) is 0 Å². The highest BCUT2D eigenvalue weighted by atomic mass is 79.9. The van der Waals surface area contributed by atoms with Crippen LogP contribution in [-0.2, 0) is 4.74 Å². The summed E-state index contributed by atoms with van der Waals surface area (Å²) in [5.41, 5.74) is 0. The Morgan fingerprint density at radius 2 is 2.44 bits per heavy atom. The molecular formula is C9H10BrClFN3O. The van der Waals surface area contributed by atoms with Crippen LogP contribution >= 0.6 is 27.5 Å². The van der Waals surface area contributed by atoms with Crippen molar-refractivity contribution in [2.45, 2.75) is 12.8 Å². The number of halogens is 3. The minimum absolute atomic E-state index is 0.0217. The first-order valence-electron chi connectivity index (χ1n) is 4.45. The van der Waals surface area contributed by atoms with Gasteiger partial charge in [0, 0.05) is 13.5 Å². The number of allylic oxidation sites excluding steroid dienone is 4. The molecule has 4 nitrogen and oxygen atoms in total. The second kappa shape index (κ2) is 6.00. The first-order valence-corrected chi connectivity index (χ1v) is 5.62. The summed E-state index contributed by atoms with van der Waals surface area (Å²) >= 11 is 8.50. The van der Waals surface area contributed by atoms with Crippen molar-refractivity contribution in [3.05, 3.63) is 22.7 Å². The topological polar surface area (TPSA) is 57.5 Å². The van der Waals surface area contributed by atoms with Crippen molar-refractivity contribution in [1.82, 2.24) is 5.32 Å². The molecule has 0 radical (unpaired) electrons. The Morgan fingerprint density at radius 1 is 1.75 bits per heavy atom. The van der Waals surface area contributed by atoms with Gasteiger partial charge >= 0.3 is 0 Å². The van der Waals surface area contributed by atoms with Crippen molar-refractivity contribution in [2.24, 2.45) is 4.99 Å². The van der Waals surface area contributed by atoms with Crippen molar-refractivity contribution in [3.63, 3.8) is 0 Å². The van der Waals surface area contributed by atoms with Crippen LogP contribution in [0.15, 0.2) is 27.7 Å². The lowest BCUT2D eigenvalue weighted by molar-refractivity contribution is 0.355. The molecule has 0 spiro atoms. The number of nitrogens with zero attached hydrogens (tertiary/aromatic N) is 1. The summed E-state index contributed by atoms with van der Waals surface area (Å²) in [7, 11) is 1.47. The summed E-state index contributed by atoms with van der Waals surface area (Å²) < 4.78 is 18.6. The first-order chi connectivity index (χ1) is 7.54. The summed E-state index contributed by atoms with van der Waals surface area (Å²) in [4.78, 5) is 3.73. The lowest BCUT2D eigenvalue weighted by Gasteiger charge is -2.15. The molecule has 2 N–H and O–H groups in total. The van der Waals surface area contributed by atoms with E-state index < -0.39 is 5.83 Å². The number of ether oxygens (including phenoxy) is 1. The van der Waals surface area contributed by atoms with E-state index in [1.54, 1.807) is 6.08 Å². The summed E-state index contributed by atoms with van der Waals surface area (Å²) in [6, 6.07) is 0.0402. The molecule has 0 fully saturated rings. The molecular weight excluding hydrogens is 300 g/mol. The molecule has 7 heteroatoms. The van der Waals surface area contributed by atoms with Crippen molar-refractivity contribution in [3.8, 4) is 0 Å². The lowest BCUT2D eigenvalue weighted by Crippen LogP contribution is -2.28. The van der Waals surface area contributed by atoms with Crippen LogP contribution in [0.1, 0.15) is 12.8 Å². The number of amidine groups is 2. The van der Waals surface area contributed by atoms with Gasteiger partial charge in [-0.1, -0.05) is 17.7 Å². The summed E-state index contributed by atoms with van der Waals surface area (Å²) in [6.45, 7) is 0. The van der Waals surface area contributed by atoms with Gasteiger partial charge in [-0.3, -0.25) is 10.7 Å². The van der Waals surface area contributed by atoms with Crippen molar-refractivity contribution in [2.75, 3.05) is 7.05 Å². The molecule has 0 aliphatic heterocycles. The molecule has 0 aromatic rings. The number of rotatable bonds is 1. The van der Waals surface area contributed by atoms with E-state index in [0.29, 0.717) is 12.8 Å². The van der Waals surface area contributed by atoms with Crippen molar-refractivity contribution < 1.29 is 9.13 Å². The fraction of sp³-hybridized carbons (Fsp3) is 0.333. The van der Waals surface area contributed by atoms with E-state index in [1.807, 2.05) is 0 Å². The van der Waals surface area contributed by atoms with Gasteiger partial charge in [0.1, 0.15) is 5.76 Å². The van der Waals surface area contributed by atoms with Gasteiger partial charge in [0.25, 0.3) is 6.02 Å². The monoisotopic (exact) mass is 309 g/mol. The van der Waals surface area contributed by atoms with E-state index in [1.165, 1.54) is 7.05 Å². The van der Waals surface area contributed by atoms with Crippen LogP contribution in [0.2, 0.25) is 0 Å². The maximum absolute atomic E-state index is 13.5. The molecule has 1 aliphatic carbocycles. The van der Waals surface area contributed by atoms with Gasteiger partial charge < -0.3 is 4.74 Å². The third-order valence-electron chi connectivity index (χ3n) is 1.79. The third kappa shape index (κ3) is 3.61. The maximum Gasteiger partial charge on any atom is 0.295 e. The molecule has 16 heavy (non-hydrogen) atoms. The van der Waals surface area contributed by atoms with Gasteiger partial charge in [-0.05, 0) is 22.4 Å². The average Bonchev–Trinajstić information content (AvgIpc) is 2.23. The molecule has 0 aromatic heterocycles. The number of nitrogens with one attached hydrogen (secondary N) is 2. The van der Waals surface area contributed by atoms with Crippen molar-refractivity contribution >= 4 is 38.3 Å². The minimum Gasteiger partial charge on any atom is -0.427 e. The Kier molecular flexibility index (Phi) is 4.95. The number of hydrogen-bond acceptors (Lipinski definition) is 3. The van der Waals surface area contributed by atoms with Crippen LogP contribution < -0.4 is 5.32 Å². The predicted molar refractivity (Wildman–Crippen MR) is 65.5 cm³/mol. The Morgan fingerprint density at radius 3 is 3.00 bits per heavy atom. The fourth-order valence-electron chi connectivity index (χ4n) is 1.10. The SMILES string of the molecule is CN=C(NC(=N)Br)OC1=C(F)C(Cl)=CCC1. The van der Waals surface area contributed by atoms with E-state index >= 15 is 0 Å². The van der Waals surface area contributed by atoms with Gasteiger partial charge in [-0.25, -0.2) is 9.38 Å². The highest BCUT2D eigenvalue weighted by molar-refractivity contribution is 9.18. The zero-order valence-electron chi connectivity index (χ0n) is 8.48. The van der Waals surface area contributed by atoms with Crippen LogP contribution in [0.4, 0.5) is 4.39 Å².